The van der Waals surface area contributed by atoms with Crippen LogP contribution < -0.4 is 15.6 Å². The van der Waals surface area contributed by atoms with Crippen molar-refractivity contribution < 1.29 is 14.3 Å². The molecule has 2 N–H and O–H groups in total. The van der Waals surface area contributed by atoms with E-state index in [9.17, 15) is 9.59 Å². The highest BCUT2D eigenvalue weighted by Gasteiger charge is 2.16. The van der Waals surface area contributed by atoms with Crippen molar-refractivity contribution in [3.05, 3.63) is 83.1 Å². The van der Waals surface area contributed by atoms with Gasteiger partial charge in [0, 0.05) is 28.1 Å². The van der Waals surface area contributed by atoms with E-state index in [4.69, 9.17) is 4.74 Å². The van der Waals surface area contributed by atoms with Crippen LogP contribution in [-0.4, -0.2) is 22.5 Å². The van der Waals surface area contributed by atoms with Crippen LogP contribution in [0.4, 0.5) is 0 Å². The van der Waals surface area contributed by atoms with E-state index in [1.807, 2.05) is 47.3 Å². The SMILES string of the molecule is CC(Oc1cccc(Br)c1)C(=O)NNC(=O)c1cccc(-n2cccc2)c1. The molecule has 1 unspecified atom stereocenters. The zero-order valence-corrected chi connectivity index (χ0v) is 16.1. The normalized spacial score (nSPS) is 11.5. The maximum atomic E-state index is 12.3. The second kappa shape index (κ2) is 8.55. The summed E-state index contributed by atoms with van der Waals surface area (Å²) in [6.07, 6.45) is 3.00. The van der Waals surface area contributed by atoms with Gasteiger partial charge in [0.25, 0.3) is 11.8 Å². The van der Waals surface area contributed by atoms with E-state index in [2.05, 4.69) is 26.8 Å². The summed E-state index contributed by atoms with van der Waals surface area (Å²) in [5, 5.41) is 0. The molecule has 0 aliphatic carbocycles. The maximum absolute atomic E-state index is 12.3. The predicted octanol–water partition coefficient (Wildman–Crippen LogP) is 3.47. The first-order chi connectivity index (χ1) is 13.0. The molecule has 0 spiro atoms. The number of amides is 2. The summed E-state index contributed by atoms with van der Waals surface area (Å²) < 4.78 is 8.31. The number of halogens is 1. The first-order valence-electron chi connectivity index (χ1n) is 8.29. The van der Waals surface area contributed by atoms with Crippen LogP contribution in [0.1, 0.15) is 17.3 Å². The Kier molecular flexibility index (Phi) is 5.93. The molecule has 3 rings (SSSR count). The van der Waals surface area contributed by atoms with Crippen molar-refractivity contribution in [3.63, 3.8) is 0 Å². The lowest BCUT2D eigenvalue weighted by Gasteiger charge is -2.15. The second-order valence-electron chi connectivity index (χ2n) is 5.80. The van der Waals surface area contributed by atoms with Crippen LogP contribution in [0.15, 0.2) is 77.5 Å². The maximum Gasteiger partial charge on any atom is 0.279 e. The molecule has 0 bridgehead atoms. The van der Waals surface area contributed by atoms with Crippen LogP contribution in [0.25, 0.3) is 5.69 Å². The minimum atomic E-state index is -0.772. The lowest BCUT2D eigenvalue weighted by molar-refractivity contribution is -0.128. The van der Waals surface area contributed by atoms with Crippen molar-refractivity contribution in [1.29, 1.82) is 0 Å². The summed E-state index contributed by atoms with van der Waals surface area (Å²) in [6.45, 7) is 1.61. The molecule has 138 valence electrons. The van der Waals surface area contributed by atoms with Crippen LogP contribution in [0.2, 0.25) is 0 Å². The van der Waals surface area contributed by atoms with Crippen molar-refractivity contribution in [2.75, 3.05) is 0 Å². The number of ether oxygens (including phenoxy) is 1. The van der Waals surface area contributed by atoms with E-state index in [-0.39, 0.29) is 0 Å². The Bertz CT molecular complexity index is 941. The number of carbonyl (C=O) groups excluding carboxylic acids is 2. The van der Waals surface area contributed by atoms with Gasteiger partial charge in [0.2, 0.25) is 0 Å². The number of rotatable bonds is 5. The van der Waals surface area contributed by atoms with E-state index in [0.29, 0.717) is 11.3 Å². The van der Waals surface area contributed by atoms with Gasteiger partial charge < -0.3 is 9.30 Å². The molecule has 1 atom stereocenters. The van der Waals surface area contributed by atoms with E-state index in [0.717, 1.165) is 10.2 Å². The monoisotopic (exact) mass is 427 g/mol. The van der Waals surface area contributed by atoms with Crippen molar-refractivity contribution in [2.24, 2.45) is 0 Å². The number of aromatic nitrogens is 1. The van der Waals surface area contributed by atoms with Crippen molar-refractivity contribution in [1.82, 2.24) is 15.4 Å². The number of carbonyl (C=O) groups is 2. The zero-order valence-electron chi connectivity index (χ0n) is 14.6. The summed E-state index contributed by atoms with van der Waals surface area (Å²) in [5.41, 5.74) is 6.08. The van der Waals surface area contributed by atoms with Gasteiger partial charge in [0.1, 0.15) is 5.75 Å². The van der Waals surface area contributed by atoms with Gasteiger partial charge in [-0.05, 0) is 55.5 Å². The van der Waals surface area contributed by atoms with E-state index < -0.39 is 17.9 Å². The Balaban J connectivity index is 1.57. The molecule has 2 aromatic carbocycles. The standard InChI is InChI=1S/C20H18BrN3O3/c1-14(27-18-9-5-7-16(21)13-18)19(25)22-23-20(26)15-6-4-8-17(12-15)24-10-2-3-11-24/h2-14H,1H3,(H,22,25)(H,23,26). The molecular weight excluding hydrogens is 410 g/mol. The summed E-state index contributed by atoms with van der Waals surface area (Å²) >= 11 is 3.35. The third-order valence-electron chi connectivity index (χ3n) is 3.79. The van der Waals surface area contributed by atoms with Crippen molar-refractivity contribution in [2.45, 2.75) is 13.0 Å². The van der Waals surface area contributed by atoms with Gasteiger partial charge in [0.15, 0.2) is 6.10 Å². The average molecular weight is 428 g/mol. The molecule has 0 saturated carbocycles. The topological polar surface area (TPSA) is 72.4 Å². The van der Waals surface area contributed by atoms with Crippen LogP contribution in [0, 0.1) is 0 Å². The molecule has 6 nitrogen and oxygen atoms in total. The third kappa shape index (κ3) is 4.98. The minimum Gasteiger partial charge on any atom is -0.481 e. The lowest BCUT2D eigenvalue weighted by atomic mass is 10.2. The highest BCUT2D eigenvalue weighted by atomic mass is 79.9. The highest BCUT2D eigenvalue weighted by Crippen LogP contribution is 2.18. The number of nitrogens with one attached hydrogen (secondary N) is 2. The fourth-order valence-corrected chi connectivity index (χ4v) is 2.78. The van der Waals surface area contributed by atoms with Gasteiger partial charge in [-0.15, -0.1) is 0 Å². The van der Waals surface area contributed by atoms with E-state index in [1.165, 1.54) is 0 Å². The summed E-state index contributed by atoms with van der Waals surface area (Å²) in [5.74, 6) is -0.310. The Morgan fingerprint density at radius 2 is 1.74 bits per heavy atom. The fourth-order valence-electron chi connectivity index (χ4n) is 2.40. The first kappa shape index (κ1) is 18.7. The number of hydrogen-bond donors (Lipinski definition) is 2. The molecule has 0 radical (unpaired) electrons. The number of benzene rings is 2. The molecule has 1 aromatic heterocycles. The lowest BCUT2D eigenvalue weighted by Crippen LogP contribution is -2.47. The molecule has 27 heavy (non-hydrogen) atoms. The third-order valence-corrected chi connectivity index (χ3v) is 4.28. The van der Waals surface area contributed by atoms with E-state index >= 15 is 0 Å². The Morgan fingerprint density at radius 1 is 1.00 bits per heavy atom. The fraction of sp³-hybridized carbons (Fsp3) is 0.100. The van der Waals surface area contributed by atoms with Gasteiger partial charge in [-0.3, -0.25) is 20.4 Å². The molecule has 0 aliphatic heterocycles. The van der Waals surface area contributed by atoms with Gasteiger partial charge in [-0.25, -0.2) is 0 Å². The number of hydrogen-bond acceptors (Lipinski definition) is 3. The Labute approximate surface area is 165 Å². The minimum absolute atomic E-state index is 0.410. The molecule has 3 aromatic rings. The molecule has 1 heterocycles. The Hall–Kier alpha value is -3.06. The molecule has 0 aliphatic rings. The van der Waals surface area contributed by atoms with Crippen LogP contribution in [0.3, 0.4) is 0 Å². The van der Waals surface area contributed by atoms with Crippen molar-refractivity contribution >= 4 is 27.7 Å². The first-order valence-corrected chi connectivity index (χ1v) is 9.08. The average Bonchev–Trinajstić information content (AvgIpc) is 3.20. The van der Waals surface area contributed by atoms with Crippen LogP contribution >= 0.6 is 15.9 Å². The summed E-state index contributed by atoms with van der Waals surface area (Å²) in [7, 11) is 0. The van der Waals surface area contributed by atoms with Gasteiger partial charge in [0.05, 0.1) is 0 Å². The number of nitrogens with zero attached hydrogens (tertiary/aromatic N) is 1. The summed E-state index contributed by atoms with van der Waals surface area (Å²) in [6, 6.07) is 18.1. The largest absolute Gasteiger partial charge is 0.481 e. The molecular formula is C20H18BrN3O3. The van der Waals surface area contributed by atoms with Crippen molar-refractivity contribution in [3.8, 4) is 11.4 Å². The van der Waals surface area contributed by atoms with Gasteiger partial charge in [-0.2, -0.15) is 0 Å². The molecule has 7 heteroatoms. The highest BCUT2D eigenvalue weighted by molar-refractivity contribution is 9.10. The molecule has 0 saturated heterocycles. The number of hydrazine groups is 1. The van der Waals surface area contributed by atoms with Crippen LogP contribution in [-0.2, 0) is 4.79 Å². The molecule has 0 fully saturated rings. The van der Waals surface area contributed by atoms with Gasteiger partial charge in [-0.1, -0.05) is 28.1 Å². The van der Waals surface area contributed by atoms with E-state index in [1.54, 1.807) is 37.3 Å². The zero-order chi connectivity index (χ0) is 19.2. The van der Waals surface area contributed by atoms with Crippen LogP contribution in [0.5, 0.6) is 5.75 Å². The predicted molar refractivity (Wildman–Crippen MR) is 106 cm³/mol. The Morgan fingerprint density at radius 3 is 2.48 bits per heavy atom. The molecule has 2 amide bonds. The van der Waals surface area contributed by atoms with Gasteiger partial charge >= 0.3 is 0 Å². The smallest absolute Gasteiger partial charge is 0.279 e. The quantitative estimate of drug-likeness (QED) is 0.612. The summed E-state index contributed by atoms with van der Waals surface area (Å²) in [4.78, 5) is 24.5. The second-order valence-corrected chi connectivity index (χ2v) is 6.72.